The molecular weight excluding hydrogens is 120 g/mol. The van der Waals surface area contributed by atoms with Crippen LogP contribution in [0.4, 0.5) is 0 Å². The first kappa shape index (κ1) is 1.65. The molecule has 0 bridgehead atoms. The van der Waals surface area contributed by atoms with Gasteiger partial charge in [-0.3, -0.25) is 0 Å². The summed E-state index contributed by atoms with van der Waals surface area (Å²) in [4.78, 5) is 0. The second kappa shape index (κ2) is 3.02. The van der Waals surface area contributed by atoms with E-state index in [0.29, 0.717) is 0 Å². The van der Waals surface area contributed by atoms with Crippen LogP contribution in [0.1, 0.15) is 23.5 Å². The maximum absolute atomic E-state index is 7.68. The van der Waals surface area contributed by atoms with E-state index in [1.165, 1.54) is 0 Å². The van der Waals surface area contributed by atoms with Crippen molar-refractivity contribution < 1.29 is 12.3 Å². The average molecular weight is 148 g/mol. The van der Waals surface area contributed by atoms with Crippen molar-refractivity contribution >= 4 is 12.1 Å². The Kier molecular flexibility index (Phi) is 0.497. The van der Waals surface area contributed by atoms with Gasteiger partial charge in [0.25, 0.3) is 0 Å². The molecule has 0 heteroatoms. The summed E-state index contributed by atoms with van der Waals surface area (Å²) in [5.41, 5.74) is -0.573. The lowest BCUT2D eigenvalue weighted by Gasteiger charge is -1.96. The van der Waals surface area contributed by atoms with Crippen LogP contribution < -0.4 is 0 Å². The maximum atomic E-state index is 7.68. The Balaban J connectivity index is 3.83. The zero-order chi connectivity index (χ0) is 14.9. The van der Waals surface area contributed by atoms with Crippen LogP contribution in [0.2, 0.25) is 0 Å². The molecule has 0 aromatic heterocycles. The smallest absolute Gasteiger partial charge is 0.0629 e. The van der Waals surface area contributed by atoms with Gasteiger partial charge in [0.2, 0.25) is 0 Å². The Hall–Kier alpha value is -1.30. The molecule has 50 valence electrons. The minimum absolute atomic E-state index is 0.229. The summed E-state index contributed by atoms with van der Waals surface area (Å²) in [6.45, 7) is -1.78. The van der Waals surface area contributed by atoms with Crippen LogP contribution in [-0.4, -0.2) is 0 Å². The first-order chi connectivity index (χ1) is 8.68. The van der Waals surface area contributed by atoms with Crippen LogP contribution in [0.15, 0.2) is 37.3 Å². The van der Waals surface area contributed by atoms with Gasteiger partial charge in [0.15, 0.2) is 0 Å². The van der Waals surface area contributed by atoms with Gasteiger partial charge in [-0.15, -0.1) is 0 Å². The summed E-state index contributed by atoms with van der Waals surface area (Å²) < 4.78 is 66.1. The molecule has 0 aliphatic carbocycles. The third kappa shape index (κ3) is 1.16. The lowest BCUT2D eigenvalue weighted by Crippen LogP contribution is -1.76. The third-order valence-corrected chi connectivity index (χ3v) is 1.01. The molecule has 0 radical (unpaired) electrons. The van der Waals surface area contributed by atoms with Crippen molar-refractivity contribution in [2.45, 2.75) is 0 Å². The second-order valence-corrected chi connectivity index (χ2v) is 1.58. The molecule has 0 spiro atoms. The zero-order valence-electron chi connectivity index (χ0n) is 14.1. The highest BCUT2D eigenvalue weighted by atomic mass is 13.9. The van der Waals surface area contributed by atoms with Gasteiger partial charge in [-0.25, -0.2) is 0 Å². The van der Waals surface area contributed by atoms with Crippen LogP contribution in [0, 0.1) is 0 Å². The van der Waals surface area contributed by atoms with E-state index in [4.69, 9.17) is 12.3 Å². The van der Waals surface area contributed by atoms with Gasteiger partial charge >= 0.3 is 0 Å². The SMILES string of the molecule is [3H]C([3H])=C([3H])c1cc([3H])c([3H])c([3H])c1C([3H])=C([3H])[3H]. The Morgan fingerprint density at radius 1 is 1.40 bits per heavy atom. The van der Waals surface area contributed by atoms with Gasteiger partial charge in [-0.05, 0) is 11.1 Å². The summed E-state index contributed by atoms with van der Waals surface area (Å²) in [6.07, 6.45) is 0. The fraction of sp³-hybridized carbons (Fsp3) is 0. The Bertz CT molecular complexity index is 577. The van der Waals surface area contributed by atoms with Gasteiger partial charge in [0.05, 0.1) is 12.3 Å². The van der Waals surface area contributed by atoms with E-state index < -0.39 is 37.3 Å². The molecule has 0 aliphatic heterocycles. The van der Waals surface area contributed by atoms with Gasteiger partial charge in [-0.2, -0.15) is 0 Å². The molecule has 1 aromatic carbocycles. The first-order valence-electron chi connectivity index (χ1n) is 7.08. The molecule has 10 heavy (non-hydrogen) atoms. The summed E-state index contributed by atoms with van der Waals surface area (Å²) >= 11 is 0. The van der Waals surface area contributed by atoms with Crippen molar-refractivity contribution in [3.05, 3.63) is 48.4 Å². The summed E-state index contributed by atoms with van der Waals surface area (Å²) in [5, 5.41) is 0. The van der Waals surface area contributed by atoms with E-state index >= 15 is 0 Å². The third-order valence-electron chi connectivity index (χ3n) is 1.01. The number of rotatable bonds is 2. The molecule has 0 atom stereocenters. The number of benzene rings is 1. The molecule has 0 N–H and O–H groups in total. The van der Waals surface area contributed by atoms with Crippen LogP contribution in [0.3, 0.4) is 0 Å². The van der Waals surface area contributed by atoms with Crippen molar-refractivity contribution in [2.75, 3.05) is 0 Å². The van der Waals surface area contributed by atoms with E-state index in [9.17, 15) is 0 Å². The van der Waals surface area contributed by atoms with Crippen molar-refractivity contribution in [1.82, 2.24) is 0 Å². The van der Waals surface area contributed by atoms with Crippen molar-refractivity contribution in [1.29, 1.82) is 0 Å². The predicted octanol–water partition coefficient (Wildman–Crippen LogP) is 2.97. The van der Waals surface area contributed by atoms with Crippen LogP contribution in [0.5, 0.6) is 0 Å². The average Bonchev–Trinajstić information content (AvgIpc) is 2.33. The minimum Gasteiger partial charge on any atom is -0.0984 e. The van der Waals surface area contributed by atoms with Gasteiger partial charge in [0, 0.05) is 0 Å². The summed E-state index contributed by atoms with van der Waals surface area (Å²) in [5.74, 6) is 0. The standard InChI is InChI=1S/C10H10/c1-3-9-7-5-6-8-10(9)4-2/h3-8H,1-2H2/i1T2,2T2,3T,4T,5T,6T,7T. The number of hydrogen-bond acceptors (Lipinski definition) is 0. The van der Waals surface area contributed by atoms with Crippen LogP contribution in [0.25, 0.3) is 12.1 Å². The van der Waals surface area contributed by atoms with E-state index in [1.54, 1.807) is 0 Å². The molecule has 0 nitrogen and oxygen atoms in total. The second-order valence-electron chi connectivity index (χ2n) is 1.58. The largest absolute Gasteiger partial charge is 0.0984 e. The van der Waals surface area contributed by atoms with Crippen LogP contribution in [-0.2, 0) is 0 Å². The monoisotopic (exact) mass is 148 g/mol. The van der Waals surface area contributed by atoms with E-state index in [0.717, 1.165) is 6.07 Å². The Morgan fingerprint density at radius 2 is 2.20 bits per heavy atom. The fourth-order valence-electron chi connectivity index (χ4n) is 0.544. The molecule has 0 saturated carbocycles. The molecule has 0 saturated heterocycles. The topological polar surface area (TPSA) is 0 Å². The summed E-state index contributed by atoms with van der Waals surface area (Å²) in [6, 6.07) is -1.73. The molecule has 0 unspecified atom stereocenters. The molecule has 0 fully saturated rings. The molecule has 1 aromatic rings. The highest BCUT2D eigenvalue weighted by Gasteiger charge is 1.89. The molecule has 0 heterocycles. The van der Waals surface area contributed by atoms with Crippen molar-refractivity contribution in [3.8, 4) is 0 Å². The van der Waals surface area contributed by atoms with Gasteiger partial charge in [-0.1, -0.05) is 49.4 Å². The minimum atomic E-state index is -0.906. The van der Waals surface area contributed by atoms with Crippen molar-refractivity contribution in [3.63, 3.8) is 0 Å². The Morgan fingerprint density at radius 3 is 3.00 bits per heavy atom. The van der Waals surface area contributed by atoms with Gasteiger partial charge in [0.1, 0.15) is 0 Å². The van der Waals surface area contributed by atoms with E-state index in [1.807, 2.05) is 0 Å². The molecular formula is C10H10. The van der Waals surface area contributed by atoms with Gasteiger partial charge < -0.3 is 0 Å². The van der Waals surface area contributed by atoms with E-state index in [2.05, 4.69) is 0 Å². The first-order valence-corrected chi connectivity index (χ1v) is 2.58. The molecule has 1 rings (SSSR count). The lowest BCUT2D eigenvalue weighted by atomic mass is 10.1. The molecule has 0 amide bonds. The molecule has 0 aliphatic rings. The van der Waals surface area contributed by atoms with Crippen LogP contribution >= 0.6 is 0 Å². The van der Waals surface area contributed by atoms with E-state index in [-0.39, 0.29) is 17.2 Å². The van der Waals surface area contributed by atoms with Crippen molar-refractivity contribution in [2.24, 2.45) is 0 Å². The normalized spacial score (nSPS) is 20.6. The quantitative estimate of drug-likeness (QED) is 0.605. The highest BCUT2D eigenvalue weighted by molar-refractivity contribution is 5.63. The maximum Gasteiger partial charge on any atom is 0.0629 e. The fourth-order valence-corrected chi connectivity index (χ4v) is 0.544. The predicted molar refractivity (Wildman–Crippen MR) is 46.6 cm³/mol. The number of hydrogen-bond donors (Lipinski definition) is 0. The highest BCUT2D eigenvalue weighted by Crippen LogP contribution is 2.10. The Labute approximate surface area is 74.2 Å². The lowest BCUT2D eigenvalue weighted by molar-refractivity contribution is 1.62. The zero-order valence-corrected chi connectivity index (χ0v) is 5.08. The summed E-state index contributed by atoms with van der Waals surface area (Å²) in [7, 11) is 0.